The predicted octanol–water partition coefficient (Wildman–Crippen LogP) is 7.94. The number of nitrogens with zero attached hydrogens (tertiary/aromatic N) is 5. The highest BCUT2D eigenvalue weighted by atomic mass is 19.1. The van der Waals surface area contributed by atoms with Crippen LogP contribution in [0.25, 0.3) is 32.9 Å². The Morgan fingerprint density at radius 1 is 1.04 bits per heavy atom. The predicted molar refractivity (Wildman–Crippen MR) is 197 cm³/mol. The lowest BCUT2D eigenvalue weighted by atomic mass is 9.90. The molecule has 5 heterocycles. The summed E-state index contributed by atoms with van der Waals surface area (Å²) in [7, 11) is 0. The van der Waals surface area contributed by atoms with Gasteiger partial charge in [-0.1, -0.05) is 52.5 Å². The lowest BCUT2D eigenvalue weighted by molar-refractivity contribution is 0.108. The van der Waals surface area contributed by atoms with E-state index in [1.807, 2.05) is 13.8 Å². The highest BCUT2D eigenvalue weighted by molar-refractivity contribution is 6.03. The molecule has 2 saturated heterocycles. The van der Waals surface area contributed by atoms with E-state index in [0.717, 1.165) is 77.5 Å². The topological polar surface area (TPSA) is 86.6 Å². The van der Waals surface area contributed by atoms with Gasteiger partial charge in [0.1, 0.15) is 35.2 Å². The number of fused-ring (bicyclic) bond motifs is 2. The van der Waals surface area contributed by atoms with Crippen LogP contribution in [0.2, 0.25) is 0 Å². The van der Waals surface area contributed by atoms with Crippen LogP contribution in [0.1, 0.15) is 96.2 Å². The number of hydrogen-bond donors (Lipinski definition) is 2. The fraction of sp³-hybridized carbons (Fsp3) is 0.525. The summed E-state index contributed by atoms with van der Waals surface area (Å²) in [6, 6.07) is 5.84. The first-order chi connectivity index (χ1) is 24.4. The van der Waals surface area contributed by atoms with Crippen molar-refractivity contribution in [1.29, 1.82) is 0 Å². The number of halogens is 2. The number of phenolic OH excluding ortho intramolecular Hbond substituents is 1. The molecule has 10 heteroatoms. The number of benzene rings is 2. The monoisotopic (exact) mass is 684 g/mol. The van der Waals surface area contributed by atoms with Crippen LogP contribution in [0.15, 0.2) is 24.3 Å². The SMILES string of the molecule is C#Cc1c(F)ccc2cc(O)cc(-c3nc4c5c(nc(OCC67CCCN6CCC7)nc5c3F)N(CCNCCCC)C[C@H]4CCC)c12.CC. The zero-order valence-corrected chi connectivity index (χ0v) is 29.9. The Balaban J connectivity index is 0.00000212. The van der Waals surface area contributed by atoms with Crippen molar-refractivity contribution in [2.45, 2.75) is 90.5 Å². The number of aromatic hydroxyl groups is 1. The molecule has 0 saturated carbocycles. The molecule has 50 heavy (non-hydrogen) atoms. The van der Waals surface area contributed by atoms with Gasteiger partial charge in [-0.25, -0.2) is 13.8 Å². The Morgan fingerprint density at radius 3 is 2.54 bits per heavy atom. The van der Waals surface area contributed by atoms with Gasteiger partial charge in [0.25, 0.3) is 0 Å². The number of phenols is 1. The zero-order valence-electron chi connectivity index (χ0n) is 29.9. The molecule has 0 spiro atoms. The molecule has 0 radical (unpaired) electrons. The Morgan fingerprint density at radius 2 is 1.82 bits per heavy atom. The van der Waals surface area contributed by atoms with E-state index in [-0.39, 0.29) is 45.6 Å². The normalized spacial score (nSPS) is 17.9. The first kappa shape index (κ1) is 35.7. The molecule has 7 rings (SSSR count). The number of anilines is 1. The van der Waals surface area contributed by atoms with Gasteiger partial charge in [0.05, 0.1) is 22.2 Å². The molecule has 0 unspecified atom stereocenters. The molecular formula is C40H50F2N6O2. The van der Waals surface area contributed by atoms with Gasteiger partial charge in [0.2, 0.25) is 0 Å². The summed E-state index contributed by atoms with van der Waals surface area (Å²) in [5, 5.41) is 15.7. The molecule has 0 aliphatic carbocycles. The minimum Gasteiger partial charge on any atom is -0.508 e. The van der Waals surface area contributed by atoms with Crippen LogP contribution in [-0.4, -0.2) is 76.4 Å². The fourth-order valence-corrected chi connectivity index (χ4v) is 8.19. The highest BCUT2D eigenvalue weighted by Crippen LogP contribution is 2.45. The highest BCUT2D eigenvalue weighted by Gasteiger charge is 2.45. The van der Waals surface area contributed by atoms with Gasteiger partial charge < -0.3 is 20.1 Å². The maximum Gasteiger partial charge on any atom is 0.319 e. The molecule has 4 aromatic rings. The molecule has 2 fully saturated rings. The van der Waals surface area contributed by atoms with Crippen LogP contribution in [0.3, 0.4) is 0 Å². The Bertz CT molecular complexity index is 1880. The number of nitrogens with one attached hydrogen (secondary N) is 1. The molecule has 2 aromatic heterocycles. The Labute approximate surface area is 294 Å². The maximum atomic E-state index is 17.2. The molecule has 266 valence electrons. The van der Waals surface area contributed by atoms with Gasteiger partial charge in [0.15, 0.2) is 5.82 Å². The second-order valence-electron chi connectivity index (χ2n) is 13.6. The van der Waals surface area contributed by atoms with E-state index in [2.05, 4.69) is 34.9 Å². The minimum atomic E-state index is -0.680. The zero-order chi connectivity index (χ0) is 35.4. The second-order valence-corrected chi connectivity index (χ2v) is 13.6. The number of rotatable bonds is 12. The van der Waals surface area contributed by atoms with E-state index >= 15 is 8.78 Å². The third-order valence-electron chi connectivity index (χ3n) is 10.5. The maximum absolute atomic E-state index is 17.2. The average molecular weight is 685 g/mol. The Kier molecular flexibility index (Phi) is 11.0. The van der Waals surface area contributed by atoms with Crippen molar-refractivity contribution in [3.05, 3.63) is 47.2 Å². The van der Waals surface area contributed by atoms with Crippen molar-refractivity contribution in [2.75, 3.05) is 50.8 Å². The van der Waals surface area contributed by atoms with E-state index in [1.54, 1.807) is 0 Å². The number of aromatic nitrogens is 3. The van der Waals surface area contributed by atoms with E-state index < -0.39 is 11.6 Å². The molecule has 1 atom stereocenters. The van der Waals surface area contributed by atoms with Crippen molar-refractivity contribution < 1.29 is 18.6 Å². The van der Waals surface area contributed by atoms with Crippen LogP contribution in [0.4, 0.5) is 14.6 Å². The molecule has 8 nitrogen and oxygen atoms in total. The van der Waals surface area contributed by atoms with Crippen LogP contribution < -0.4 is 15.0 Å². The number of terminal acetylenes is 1. The first-order valence-corrected chi connectivity index (χ1v) is 18.5. The van der Waals surface area contributed by atoms with E-state index in [1.165, 1.54) is 24.3 Å². The van der Waals surface area contributed by atoms with Gasteiger partial charge in [-0.15, -0.1) is 6.42 Å². The summed E-state index contributed by atoms with van der Waals surface area (Å²) in [6.45, 7) is 13.9. The summed E-state index contributed by atoms with van der Waals surface area (Å²) in [5.74, 6) is 1.67. The average Bonchev–Trinajstić information content (AvgIpc) is 3.71. The molecule has 2 aromatic carbocycles. The van der Waals surface area contributed by atoms with Crippen molar-refractivity contribution in [3.63, 3.8) is 0 Å². The summed E-state index contributed by atoms with van der Waals surface area (Å²) in [5.41, 5.74) is 0.971. The van der Waals surface area contributed by atoms with Gasteiger partial charge in [0, 0.05) is 36.5 Å². The van der Waals surface area contributed by atoms with E-state index in [9.17, 15) is 5.11 Å². The van der Waals surface area contributed by atoms with Crippen LogP contribution in [-0.2, 0) is 0 Å². The minimum absolute atomic E-state index is 0.00589. The summed E-state index contributed by atoms with van der Waals surface area (Å²) >= 11 is 0. The Hall–Kier alpha value is -4.07. The van der Waals surface area contributed by atoms with Gasteiger partial charge in [-0.05, 0) is 81.7 Å². The first-order valence-electron chi connectivity index (χ1n) is 18.5. The third kappa shape index (κ3) is 6.58. The van der Waals surface area contributed by atoms with E-state index in [4.69, 9.17) is 26.1 Å². The fourth-order valence-electron chi connectivity index (χ4n) is 8.19. The summed E-state index contributed by atoms with van der Waals surface area (Å²) in [4.78, 5) is 19.4. The standard InChI is InChI=1S/C38H44F2N6O2.C2H6/c1-4-7-15-41-16-19-45-22-25(10-5-2)33-31-35(43-37(44-36(31)45)48-23-38-13-8-17-46(38)18-9-14-38)32(40)34(42-33)28-21-26(47)20-24-11-12-29(39)27(6-3)30(24)28;1-2/h3,11-12,20-21,25,41,47H,4-5,7-10,13-19,22-23H2,1-2H3;1-2H3/t25-;/m1./s1. The van der Waals surface area contributed by atoms with Gasteiger partial charge in [-0.2, -0.15) is 9.97 Å². The van der Waals surface area contributed by atoms with Crippen molar-refractivity contribution >= 4 is 27.5 Å². The smallest absolute Gasteiger partial charge is 0.319 e. The lowest BCUT2D eigenvalue weighted by Crippen LogP contribution is -2.43. The quantitative estimate of drug-likeness (QED) is 0.115. The van der Waals surface area contributed by atoms with Gasteiger partial charge >= 0.3 is 6.01 Å². The van der Waals surface area contributed by atoms with Crippen LogP contribution >= 0.6 is 0 Å². The summed E-state index contributed by atoms with van der Waals surface area (Å²) < 4.78 is 38.6. The number of ether oxygens (including phenoxy) is 1. The molecule has 2 N–H and O–H groups in total. The second kappa shape index (κ2) is 15.4. The number of hydrogen-bond acceptors (Lipinski definition) is 8. The molecule has 0 amide bonds. The van der Waals surface area contributed by atoms with Crippen molar-refractivity contribution in [2.24, 2.45) is 0 Å². The van der Waals surface area contributed by atoms with Crippen LogP contribution in [0, 0.1) is 24.0 Å². The number of pyridine rings is 1. The van der Waals surface area contributed by atoms with Crippen molar-refractivity contribution in [1.82, 2.24) is 25.2 Å². The van der Waals surface area contributed by atoms with Crippen LogP contribution in [0.5, 0.6) is 11.8 Å². The summed E-state index contributed by atoms with van der Waals surface area (Å²) in [6.07, 6.45) is 14.1. The molecular weight excluding hydrogens is 634 g/mol. The third-order valence-corrected chi connectivity index (χ3v) is 10.5. The molecule has 0 bridgehead atoms. The van der Waals surface area contributed by atoms with Gasteiger partial charge in [-0.3, -0.25) is 4.90 Å². The lowest BCUT2D eigenvalue weighted by Gasteiger charge is -2.35. The molecule has 3 aliphatic rings. The van der Waals surface area contributed by atoms with Crippen molar-refractivity contribution in [3.8, 4) is 35.4 Å². The van der Waals surface area contributed by atoms with E-state index in [0.29, 0.717) is 47.4 Å². The largest absolute Gasteiger partial charge is 0.508 e. The number of unbranched alkanes of at least 4 members (excludes halogenated alkanes) is 1. The molecule has 3 aliphatic heterocycles.